The Morgan fingerprint density at radius 1 is 1.41 bits per heavy atom. The molecule has 0 fully saturated rings. The van der Waals surface area contributed by atoms with Gasteiger partial charge in [0.15, 0.2) is 0 Å². The Kier molecular flexibility index (Phi) is 3.41. The van der Waals surface area contributed by atoms with Crippen LogP contribution in [0.3, 0.4) is 0 Å². The van der Waals surface area contributed by atoms with Crippen molar-refractivity contribution >= 4 is 0 Å². The van der Waals surface area contributed by atoms with Crippen molar-refractivity contribution in [1.82, 2.24) is 9.97 Å². The number of hydrogen-bond acceptors (Lipinski definition) is 3. The normalized spacial score (nSPS) is 11.8. The van der Waals surface area contributed by atoms with Gasteiger partial charge >= 0.3 is 0 Å². The van der Waals surface area contributed by atoms with Crippen LogP contribution in [0.15, 0.2) is 36.8 Å². The fraction of sp³-hybridized carbons (Fsp3) is 0.231. The molecule has 0 amide bonds. The van der Waals surface area contributed by atoms with E-state index in [9.17, 15) is 0 Å². The fourth-order valence-electron chi connectivity index (χ4n) is 1.58. The summed E-state index contributed by atoms with van der Waals surface area (Å²) in [5.41, 5.74) is 1.59. The summed E-state index contributed by atoms with van der Waals surface area (Å²) in [6.07, 6.45) is 4.21. The fourth-order valence-corrected chi connectivity index (χ4v) is 1.58. The number of ether oxygens (including phenoxy) is 1. The van der Waals surface area contributed by atoms with Crippen molar-refractivity contribution in [3.05, 3.63) is 48.0 Å². The van der Waals surface area contributed by atoms with Crippen LogP contribution >= 0.6 is 0 Å². The van der Waals surface area contributed by atoms with E-state index in [-0.39, 0.29) is 6.10 Å². The zero-order valence-electron chi connectivity index (χ0n) is 9.55. The number of hydrogen-bond donors (Lipinski definition) is 1. The molecule has 0 aliphatic rings. The Hall–Kier alpha value is -2.28. The van der Waals surface area contributed by atoms with Gasteiger partial charge in [-0.2, -0.15) is 5.26 Å². The van der Waals surface area contributed by atoms with Gasteiger partial charge in [0.05, 0.1) is 29.9 Å². The quantitative estimate of drug-likeness (QED) is 0.873. The van der Waals surface area contributed by atoms with Gasteiger partial charge in [0.25, 0.3) is 0 Å². The summed E-state index contributed by atoms with van der Waals surface area (Å²) in [6, 6.07) is 9.17. The largest absolute Gasteiger partial charge is 0.484 e. The van der Waals surface area contributed by atoms with Crippen LogP contribution in [0.25, 0.3) is 0 Å². The molecule has 0 bridgehead atoms. The molecule has 1 atom stereocenters. The maximum Gasteiger partial charge on any atom is 0.140 e. The predicted octanol–water partition coefficient (Wildman–Crippen LogP) is 2.81. The Labute approximate surface area is 99.9 Å². The lowest BCUT2D eigenvalue weighted by molar-refractivity contribution is 0.197. The first kappa shape index (κ1) is 11.2. The van der Waals surface area contributed by atoms with E-state index < -0.39 is 0 Å². The summed E-state index contributed by atoms with van der Waals surface area (Å²) < 4.78 is 5.83. The van der Waals surface area contributed by atoms with Gasteiger partial charge in [-0.3, -0.25) is 0 Å². The predicted molar refractivity (Wildman–Crippen MR) is 63.4 cm³/mol. The molecule has 4 heteroatoms. The van der Waals surface area contributed by atoms with Crippen LogP contribution < -0.4 is 4.74 Å². The molecule has 1 aromatic carbocycles. The molecule has 0 aliphatic carbocycles. The number of imidazole rings is 1. The summed E-state index contributed by atoms with van der Waals surface area (Å²) in [4.78, 5) is 7.02. The number of aromatic nitrogens is 2. The second-order valence-electron chi connectivity index (χ2n) is 3.66. The van der Waals surface area contributed by atoms with E-state index in [2.05, 4.69) is 23.0 Å². The van der Waals surface area contributed by atoms with Crippen LogP contribution in [0.1, 0.15) is 30.7 Å². The van der Waals surface area contributed by atoms with E-state index in [1.807, 2.05) is 0 Å². The average Bonchev–Trinajstić information content (AvgIpc) is 2.90. The van der Waals surface area contributed by atoms with E-state index in [0.29, 0.717) is 5.56 Å². The second kappa shape index (κ2) is 5.17. The molecular formula is C13H13N3O. The first-order chi connectivity index (χ1) is 8.33. The monoisotopic (exact) mass is 227 g/mol. The zero-order chi connectivity index (χ0) is 12.1. The molecule has 2 rings (SSSR count). The average molecular weight is 227 g/mol. The third kappa shape index (κ3) is 2.64. The van der Waals surface area contributed by atoms with Gasteiger partial charge in [-0.1, -0.05) is 6.92 Å². The van der Waals surface area contributed by atoms with E-state index in [4.69, 9.17) is 10.00 Å². The summed E-state index contributed by atoms with van der Waals surface area (Å²) >= 11 is 0. The number of nitriles is 1. The Bertz CT molecular complexity index is 496. The van der Waals surface area contributed by atoms with Crippen LogP contribution in [0, 0.1) is 11.3 Å². The molecule has 86 valence electrons. The number of H-pyrrole nitrogens is 1. The van der Waals surface area contributed by atoms with Crippen LogP contribution in [0.2, 0.25) is 0 Å². The molecule has 17 heavy (non-hydrogen) atoms. The van der Waals surface area contributed by atoms with Gasteiger partial charge in [-0.25, -0.2) is 4.98 Å². The van der Waals surface area contributed by atoms with Gasteiger partial charge in [0.1, 0.15) is 11.9 Å². The molecule has 1 heterocycles. The highest BCUT2D eigenvalue weighted by Gasteiger charge is 2.12. The minimum atomic E-state index is -0.0366. The van der Waals surface area contributed by atoms with Crippen LogP contribution in [0.4, 0.5) is 0 Å². The van der Waals surface area contributed by atoms with E-state index in [0.717, 1.165) is 17.9 Å². The topological polar surface area (TPSA) is 61.7 Å². The lowest BCUT2D eigenvalue weighted by atomic mass is 10.2. The number of nitrogens with zero attached hydrogens (tertiary/aromatic N) is 2. The Morgan fingerprint density at radius 2 is 2.18 bits per heavy atom. The zero-order valence-corrected chi connectivity index (χ0v) is 9.55. The highest BCUT2D eigenvalue weighted by Crippen LogP contribution is 2.23. The molecule has 4 nitrogen and oxygen atoms in total. The molecular weight excluding hydrogens is 214 g/mol. The van der Waals surface area contributed by atoms with Crippen molar-refractivity contribution in [2.75, 3.05) is 0 Å². The second-order valence-corrected chi connectivity index (χ2v) is 3.66. The SMILES string of the molecule is CCC(Oc1ccc(C#N)cc1)c1cnc[nH]1. The first-order valence-electron chi connectivity index (χ1n) is 5.48. The molecule has 1 aromatic heterocycles. The van der Waals surface area contributed by atoms with Crippen molar-refractivity contribution in [3.8, 4) is 11.8 Å². The van der Waals surface area contributed by atoms with Crippen molar-refractivity contribution in [1.29, 1.82) is 5.26 Å². The molecule has 1 N–H and O–H groups in total. The van der Waals surface area contributed by atoms with E-state index in [1.54, 1.807) is 36.8 Å². The molecule has 0 aliphatic heterocycles. The maximum atomic E-state index is 8.70. The molecule has 2 aromatic rings. The number of benzene rings is 1. The Morgan fingerprint density at radius 3 is 2.71 bits per heavy atom. The van der Waals surface area contributed by atoms with Gasteiger partial charge in [-0.15, -0.1) is 0 Å². The summed E-state index contributed by atoms with van der Waals surface area (Å²) in [5.74, 6) is 0.755. The molecule has 0 saturated heterocycles. The minimum absolute atomic E-state index is 0.0366. The number of rotatable bonds is 4. The van der Waals surface area contributed by atoms with Gasteiger partial charge in [-0.05, 0) is 30.7 Å². The highest BCUT2D eigenvalue weighted by molar-refractivity contribution is 5.34. The Balaban J connectivity index is 2.11. The lowest BCUT2D eigenvalue weighted by Crippen LogP contribution is -2.06. The third-order valence-corrected chi connectivity index (χ3v) is 2.50. The van der Waals surface area contributed by atoms with Crippen LogP contribution in [-0.2, 0) is 0 Å². The molecule has 0 saturated carbocycles. The van der Waals surface area contributed by atoms with Crippen LogP contribution in [-0.4, -0.2) is 9.97 Å². The minimum Gasteiger partial charge on any atom is -0.484 e. The highest BCUT2D eigenvalue weighted by atomic mass is 16.5. The van der Waals surface area contributed by atoms with E-state index in [1.165, 1.54) is 0 Å². The standard InChI is InChI=1S/C13H13N3O/c1-2-13(12-8-15-9-16-12)17-11-5-3-10(7-14)4-6-11/h3-6,8-9,13H,2H2,1H3,(H,15,16). The first-order valence-corrected chi connectivity index (χ1v) is 5.48. The smallest absolute Gasteiger partial charge is 0.140 e. The van der Waals surface area contributed by atoms with Gasteiger partial charge in [0.2, 0.25) is 0 Å². The van der Waals surface area contributed by atoms with Crippen LogP contribution in [0.5, 0.6) is 5.75 Å². The molecule has 0 radical (unpaired) electrons. The molecule has 1 unspecified atom stereocenters. The number of nitrogens with one attached hydrogen (secondary N) is 1. The number of aromatic amines is 1. The summed E-state index contributed by atoms with van der Waals surface area (Å²) in [7, 11) is 0. The van der Waals surface area contributed by atoms with Crippen molar-refractivity contribution in [2.45, 2.75) is 19.4 Å². The summed E-state index contributed by atoms with van der Waals surface area (Å²) in [6.45, 7) is 2.05. The van der Waals surface area contributed by atoms with Crippen molar-refractivity contribution < 1.29 is 4.74 Å². The van der Waals surface area contributed by atoms with Gasteiger partial charge in [0, 0.05) is 0 Å². The van der Waals surface area contributed by atoms with Crippen molar-refractivity contribution in [3.63, 3.8) is 0 Å². The lowest BCUT2D eigenvalue weighted by Gasteiger charge is -2.15. The van der Waals surface area contributed by atoms with E-state index >= 15 is 0 Å². The maximum absolute atomic E-state index is 8.70. The van der Waals surface area contributed by atoms with Crippen molar-refractivity contribution in [2.24, 2.45) is 0 Å². The third-order valence-electron chi connectivity index (χ3n) is 2.50. The molecule has 0 spiro atoms. The van der Waals surface area contributed by atoms with Gasteiger partial charge < -0.3 is 9.72 Å². The summed E-state index contributed by atoms with van der Waals surface area (Å²) in [5, 5.41) is 8.70.